The van der Waals surface area contributed by atoms with Crippen LogP contribution >= 0.6 is 11.8 Å². The Labute approximate surface area is 134 Å². The Bertz CT molecular complexity index is 374. The lowest BCUT2D eigenvalue weighted by atomic mass is 9.92. The third-order valence-corrected chi connectivity index (χ3v) is 6.35. The highest BCUT2D eigenvalue weighted by atomic mass is 32.2. The van der Waals surface area contributed by atoms with E-state index in [2.05, 4.69) is 44.2 Å². The highest BCUT2D eigenvalue weighted by Crippen LogP contribution is 2.36. The minimum atomic E-state index is -0.355. The molecule has 21 heavy (non-hydrogen) atoms. The number of thioether (sulfide) groups is 1. The van der Waals surface area contributed by atoms with Gasteiger partial charge in [0.15, 0.2) is 0 Å². The van der Waals surface area contributed by atoms with Gasteiger partial charge in [-0.25, -0.2) is 0 Å². The summed E-state index contributed by atoms with van der Waals surface area (Å²) in [6.07, 6.45) is 9.29. The summed E-state index contributed by atoms with van der Waals surface area (Å²) in [5.74, 6) is 0.944. The number of hydrogen-bond donors (Lipinski definition) is 1. The van der Waals surface area contributed by atoms with Gasteiger partial charge in [0.1, 0.15) is 0 Å². The Kier molecular flexibility index (Phi) is 5.64. The van der Waals surface area contributed by atoms with E-state index in [0.717, 1.165) is 18.1 Å². The largest absolute Gasteiger partial charge is 0.323 e. The Hall–Kier alpha value is -0.220. The molecular weight excluding hydrogens is 280 g/mol. The molecule has 0 aromatic rings. The van der Waals surface area contributed by atoms with Crippen LogP contribution in [0, 0.1) is 5.92 Å². The number of rotatable bonds is 5. The first kappa shape index (κ1) is 17.1. The SMILES string of the molecule is CCC1(C)NC(CC(C)C)N(C2CCCC(SC)C2)C1=O. The molecule has 0 spiro atoms. The Morgan fingerprint density at radius 1 is 1.43 bits per heavy atom. The molecule has 122 valence electrons. The van der Waals surface area contributed by atoms with Gasteiger partial charge in [-0.15, -0.1) is 0 Å². The van der Waals surface area contributed by atoms with Crippen molar-refractivity contribution in [1.82, 2.24) is 10.2 Å². The van der Waals surface area contributed by atoms with E-state index in [9.17, 15) is 4.79 Å². The lowest BCUT2D eigenvalue weighted by Gasteiger charge is -2.38. The summed E-state index contributed by atoms with van der Waals surface area (Å²) in [7, 11) is 0. The van der Waals surface area contributed by atoms with Crippen LogP contribution in [0.2, 0.25) is 0 Å². The minimum Gasteiger partial charge on any atom is -0.323 e. The van der Waals surface area contributed by atoms with E-state index in [1.54, 1.807) is 0 Å². The standard InChI is InChI=1S/C17H32N2OS/c1-6-17(4)16(20)19(15(18-17)10-12(2)3)13-8-7-9-14(11-13)21-5/h12-15,18H,6-11H2,1-5H3. The van der Waals surface area contributed by atoms with Gasteiger partial charge in [-0.2, -0.15) is 11.8 Å². The summed E-state index contributed by atoms with van der Waals surface area (Å²) < 4.78 is 0. The molecule has 2 fully saturated rings. The summed E-state index contributed by atoms with van der Waals surface area (Å²) in [6.45, 7) is 8.69. The molecule has 4 unspecified atom stereocenters. The fraction of sp³-hybridized carbons (Fsp3) is 0.941. The molecule has 1 N–H and O–H groups in total. The normalized spacial score (nSPS) is 37.5. The van der Waals surface area contributed by atoms with Crippen molar-refractivity contribution >= 4 is 17.7 Å². The van der Waals surface area contributed by atoms with Crippen molar-refractivity contribution in [2.24, 2.45) is 5.92 Å². The highest BCUT2D eigenvalue weighted by Gasteiger charge is 2.49. The van der Waals surface area contributed by atoms with Crippen LogP contribution in [0.3, 0.4) is 0 Å². The maximum atomic E-state index is 13.0. The van der Waals surface area contributed by atoms with Gasteiger partial charge in [-0.3, -0.25) is 10.1 Å². The number of carbonyl (C=O) groups excluding carboxylic acids is 1. The molecular formula is C17H32N2OS. The summed E-state index contributed by atoms with van der Waals surface area (Å²) in [6, 6.07) is 0.438. The van der Waals surface area contributed by atoms with Crippen LogP contribution in [0.15, 0.2) is 0 Å². The smallest absolute Gasteiger partial charge is 0.244 e. The molecule has 0 aromatic heterocycles. The second kappa shape index (κ2) is 6.91. The van der Waals surface area contributed by atoms with Crippen molar-refractivity contribution in [3.8, 4) is 0 Å². The second-order valence-electron chi connectivity index (χ2n) is 7.37. The Morgan fingerprint density at radius 2 is 2.14 bits per heavy atom. The average Bonchev–Trinajstić information content (AvgIpc) is 2.70. The van der Waals surface area contributed by atoms with Gasteiger partial charge in [0, 0.05) is 11.3 Å². The molecule has 4 atom stereocenters. The van der Waals surface area contributed by atoms with Crippen LogP contribution < -0.4 is 5.32 Å². The van der Waals surface area contributed by atoms with Gasteiger partial charge >= 0.3 is 0 Å². The van der Waals surface area contributed by atoms with Gasteiger partial charge in [0.05, 0.1) is 11.7 Å². The highest BCUT2D eigenvalue weighted by molar-refractivity contribution is 7.99. The maximum absolute atomic E-state index is 13.0. The zero-order valence-electron chi connectivity index (χ0n) is 14.3. The first-order chi connectivity index (χ1) is 9.91. The van der Waals surface area contributed by atoms with E-state index in [0.29, 0.717) is 17.9 Å². The average molecular weight is 313 g/mol. The van der Waals surface area contributed by atoms with Crippen LogP contribution in [0.4, 0.5) is 0 Å². The Morgan fingerprint density at radius 3 is 2.71 bits per heavy atom. The number of amides is 1. The molecule has 1 saturated carbocycles. The van der Waals surface area contributed by atoms with Crippen molar-refractivity contribution in [3.63, 3.8) is 0 Å². The lowest BCUT2D eigenvalue weighted by Crippen LogP contribution is -2.47. The third kappa shape index (κ3) is 3.58. The molecule has 3 nitrogen and oxygen atoms in total. The molecule has 0 aromatic carbocycles. The summed E-state index contributed by atoms with van der Waals surface area (Å²) in [4.78, 5) is 15.2. The van der Waals surface area contributed by atoms with E-state index in [-0.39, 0.29) is 11.7 Å². The van der Waals surface area contributed by atoms with E-state index in [1.807, 2.05) is 11.8 Å². The van der Waals surface area contributed by atoms with Crippen LogP contribution in [0.5, 0.6) is 0 Å². The minimum absolute atomic E-state index is 0.230. The van der Waals surface area contributed by atoms with Gasteiger partial charge in [0.2, 0.25) is 5.91 Å². The molecule has 1 heterocycles. The fourth-order valence-corrected chi connectivity index (χ4v) is 4.62. The third-order valence-electron chi connectivity index (χ3n) is 5.25. The van der Waals surface area contributed by atoms with Crippen LogP contribution in [-0.2, 0) is 4.79 Å². The van der Waals surface area contributed by atoms with Crippen molar-refractivity contribution in [3.05, 3.63) is 0 Å². The predicted molar refractivity (Wildman–Crippen MR) is 91.5 cm³/mol. The monoisotopic (exact) mass is 312 g/mol. The molecule has 1 saturated heterocycles. The van der Waals surface area contributed by atoms with Crippen molar-refractivity contribution in [1.29, 1.82) is 0 Å². The summed E-state index contributed by atoms with van der Waals surface area (Å²) in [5, 5.41) is 4.37. The predicted octanol–water partition coefficient (Wildman–Crippen LogP) is 3.63. The molecule has 1 amide bonds. The molecule has 0 bridgehead atoms. The Balaban J connectivity index is 2.18. The van der Waals surface area contributed by atoms with Gasteiger partial charge < -0.3 is 4.90 Å². The van der Waals surface area contributed by atoms with Gasteiger partial charge in [0.25, 0.3) is 0 Å². The van der Waals surface area contributed by atoms with E-state index in [4.69, 9.17) is 0 Å². The quantitative estimate of drug-likeness (QED) is 0.841. The number of hydrogen-bond acceptors (Lipinski definition) is 3. The fourth-order valence-electron chi connectivity index (χ4n) is 3.81. The first-order valence-corrected chi connectivity index (χ1v) is 9.83. The molecule has 0 radical (unpaired) electrons. The van der Waals surface area contributed by atoms with Crippen LogP contribution in [-0.4, -0.2) is 40.1 Å². The molecule has 1 aliphatic carbocycles. The van der Waals surface area contributed by atoms with Gasteiger partial charge in [-0.05, 0) is 51.2 Å². The first-order valence-electron chi connectivity index (χ1n) is 8.54. The lowest BCUT2D eigenvalue weighted by molar-refractivity contribution is -0.135. The zero-order valence-corrected chi connectivity index (χ0v) is 15.1. The molecule has 1 aliphatic heterocycles. The topological polar surface area (TPSA) is 32.3 Å². The van der Waals surface area contributed by atoms with Crippen molar-refractivity contribution in [2.45, 2.75) is 89.2 Å². The number of carbonyl (C=O) groups is 1. The zero-order chi connectivity index (χ0) is 15.6. The maximum Gasteiger partial charge on any atom is 0.244 e. The number of nitrogens with one attached hydrogen (secondary N) is 1. The second-order valence-corrected chi connectivity index (χ2v) is 8.50. The molecule has 2 rings (SSSR count). The molecule has 4 heteroatoms. The van der Waals surface area contributed by atoms with Gasteiger partial charge in [-0.1, -0.05) is 27.2 Å². The van der Waals surface area contributed by atoms with E-state index in [1.165, 1.54) is 25.7 Å². The van der Waals surface area contributed by atoms with Crippen LogP contribution in [0.25, 0.3) is 0 Å². The van der Waals surface area contributed by atoms with Crippen molar-refractivity contribution in [2.75, 3.05) is 6.26 Å². The molecule has 2 aliphatic rings. The van der Waals surface area contributed by atoms with Crippen molar-refractivity contribution < 1.29 is 4.79 Å². The summed E-state index contributed by atoms with van der Waals surface area (Å²) in [5.41, 5.74) is -0.355. The van der Waals surface area contributed by atoms with E-state index < -0.39 is 0 Å². The summed E-state index contributed by atoms with van der Waals surface area (Å²) >= 11 is 1.97. The van der Waals surface area contributed by atoms with E-state index >= 15 is 0 Å². The number of nitrogens with zero attached hydrogens (tertiary/aromatic N) is 1. The van der Waals surface area contributed by atoms with Crippen LogP contribution in [0.1, 0.15) is 66.2 Å².